The van der Waals surface area contributed by atoms with Gasteiger partial charge in [0.15, 0.2) is 0 Å². The second-order valence-electron chi connectivity index (χ2n) is 4.32. The second kappa shape index (κ2) is 10.9. The zero-order valence-corrected chi connectivity index (χ0v) is 14.6. The van der Waals surface area contributed by atoms with Gasteiger partial charge < -0.3 is 9.47 Å². The van der Waals surface area contributed by atoms with Crippen LogP contribution < -0.4 is 5.43 Å². The zero-order valence-electron chi connectivity index (χ0n) is 13.0. The van der Waals surface area contributed by atoms with Crippen molar-refractivity contribution < 1.29 is 19.1 Å². The van der Waals surface area contributed by atoms with E-state index >= 15 is 0 Å². The van der Waals surface area contributed by atoms with Gasteiger partial charge in [-0.15, -0.1) is 11.8 Å². The monoisotopic (exact) mass is 358 g/mol. The van der Waals surface area contributed by atoms with Crippen LogP contribution in [0.5, 0.6) is 0 Å². The van der Waals surface area contributed by atoms with Gasteiger partial charge in [0.05, 0.1) is 25.2 Å². The Kier molecular flexibility index (Phi) is 9.16. The number of esters is 1. The van der Waals surface area contributed by atoms with E-state index in [2.05, 4.69) is 15.3 Å². The van der Waals surface area contributed by atoms with Crippen LogP contribution in [-0.4, -0.2) is 36.6 Å². The van der Waals surface area contributed by atoms with Crippen LogP contribution in [0.4, 0.5) is 4.79 Å². The van der Waals surface area contributed by atoms with Gasteiger partial charge in [0.2, 0.25) is 0 Å². The van der Waals surface area contributed by atoms with Crippen molar-refractivity contribution in [1.82, 2.24) is 5.43 Å². The number of nitrogens with zero attached hydrogens (tertiary/aromatic N) is 1. The van der Waals surface area contributed by atoms with E-state index in [-0.39, 0.29) is 12.4 Å². The molecule has 1 N–H and O–H groups in total. The number of hydrazone groups is 1. The predicted octanol–water partition coefficient (Wildman–Crippen LogP) is 3.24. The van der Waals surface area contributed by atoms with Crippen molar-refractivity contribution in [2.45, 2.75) is 19.8 Å². The number of ether oxygens (including phenoxy) is 2. The summed E-state index contributed by atoms with van der Waals surface area (Å²) < 4.78 is 9.36. The molecule has 1 amide bonds. The Morgan fingerprint density at radius 3 is 2.61 bits per heavy atom. The summed E-state index contributed by atoms with van der Waals surface area (Å²) in [7, 11) is 1.26. The molecule has 0 radical (unpaired) electrons. The molecule has 0 aliphatic heterocycles. The average molecular weight is 359 g/mol. The van der Waals surface area contributed by atoms with Crippen molar-refractivity contribution in [2.75, 3.05) is 19.5 Å². The summed E-state index contributed by atoms with van der Waals surface area (Å²) in [5.74, 6) is 0.250. The highest BCUT2D eigenvalue weighted by molar-refractivity contribution is 8.13. The van der Waals surface area contributed by atoms with Crippen LogP contribution in [0.25, 0.3) is 0 Å². The summed E-state index contributed by atoms with van der Waals surface area (Å²) in [4.78, 5) is 22.5. The molecule has 1 aromatic rings. The van der Waals surface area contributed by atoms with E-state index in [1.807, 2.05) is 12.1 Å². The molecule has 0 heterocycles. The summed E-state index contributed by atoms with van der Waals surface area (Å²) in [6, 6.07) is 7.32. The van der Waals surface area contributed by atoms with E-state index in [4.69, 9.17) is 16.3 Å². The van der Waals surface area contributed by atoms with Crippen molar-refractivity contribution in [1.29, 1.82) is 0 Å². The minimum atomic E-state index is -0.649. The molecule has 1 aromatic carbocycles. The lowest BCUT2D eigenvalue weighted by Gasteiger charge is -2.07. The number of carbonyl (C=O) groups excluding carboxylic acids is 2. The predicted molar refractivity (Wildman–Crippen MR) is 91.8 cm³/mol. The first-order chi connectivity index (χ1) is 11.0. The van der Waals surface area contributed by atoms with E-state index in [0.29, 0.717) is 28.8 Å². The van der Waals surface area contributed by atoms with Gasteiger partial charge in [0.25, 0.3) is 0 Å². The Hall–Kier alpha value is -1.73. The number of nitrogens with one attached hydrogen (secondary N) is 1. The molecule has 0 fully saturated rings. The molecule has 0 saturated carbocycles. The smallest absolute Gasteiger partial charge is 0.427 e. The lowest BCUT2D eigenvalue weighted by Crippen LogP contribution is -2.19. The molecule has 0 bridgehead atoms. The standard InChI is InChI=1S/C15H19ClN2O4S/c1-3-22-14(19)8-9-23-13(17-18-15(20)21-2)10-11-4-6-12(16)7-5-11/h4-7H,3,8-10H2,1-2H3,(H,18,20)/b17-13-. The molecule has 6 nitrogen and oxygen atoms in total. The van der Waals surface area contributed by atoms with E-state index in [9.17, 15) is 9.59 Å². The van der Waals surface area contributed by atoms with Crippen molar-refractivity contribution in [3.63, 3.8) is 0 Å². The highest BCUT2D eigenvalue weighted by Gasteiger charge is 2.08. The van der Waals surface area contributed by atoms with Crippen LogP contribution >= 0.6 is 23.4 Å². The molecule has 8 heteroatoms. The van der Waals surface area contributed by atoms with Crippen LogP contribution in [0.15, 0.2) is 29.4 Å². The van der Waals surface area contributed by atoms with Crippen molar-refractivity contribution >= 4 is 40.5 Å². The third-order valence-electron chi connectivity index (χ3n) is 2.61. The Balaban J connectivity index is 2.63. The first-order valence-electron chi connectivity index (χ1n) is 6.98. The van der Waals surface area contributed by atoms with Crippen molar-refractivity contribution in [2.24, 2.45) is 5.10 Å². The largest absolute Gasteiger partial charge is 0.466 e. The number of hydrogen-bond acceptors (Lipinski definition) is 6. The lowest BCUT2D eigenvalue weighted by atomic mass is 10.2. The first-order valence-corrected chi connectivity index (χ1v) is 8.35. The number of thioether (sulfide) groups is 1. The Morgan fingerprint density at radius 2 is 2.00 bits per heavy atom. The first kappa shape index (κ1) is 19.3. The topological polar surface area (TPSA) is 77.0 Å². The van der Waals surface area contributed by atoms with E-state index in [1.54, 1.807) is 19.1 Å². The number of amides is 1. The minimum Gasteiger partial charge on any atom is -0.466 e. The maximum atomic E-state index is 11.4. The SMILES string of the molecule is CCOC(=O)CCS/C(Cc1ccc(Cl)cc1)=N\NC(=O)OC. The summed E-state index contributed by atoms with van der Waals surface area (Å²) in [5.41, 5.74) is 3.28. The molecule has 0 aromatic heterocycles. The highest BCUT2D eigenvalue weighted by atomic mass is 35.5. The van der Waals surface area contributed by atoms with Gasteiger partial charge in [-0.1, -0.05) is 23.7 Å². The molecule has 0 aliphatic rings. The molecule has 23 heavy (non-hydrogen) atoms. The third-order valence-corrected chi connectivity index (χ3v) is 3.84. The van der Waals surface area contributed by atoms with Gasteiger partial charge in [-0.25, -0.2) is 10.2 Å². The number of halogens is 1. The van der Waals surface area contributed by atoms with Crippen LogP contribution in [0.1, 0.15) is 18.9 Å². The Labute approximate surface area is 144 Å². The van der Waals surface area contributed by atoms with Gasteiger partial charge in [0, 0.05) is 17.2 Å². The Morgan fingerprint density at radius 1 is 1.30 bits per heavy atom. The maximum Gasteiger partial charge on any atom is 0.427 e. The number of carbonyl (C=O) groups is 2. The molecule has 1 rings (SSSR count). The third kappa shape index (κ3) is 8.47. The fraction of sp³-hybridized carbons (Fsp3) is 0.400. The normalized spacial score (nSPS) is 11.0. The van der Waals surface area contributed by atoms with E-state index in [0.717, 1.165) is 5.56 Å². The summed E-state index contributed by atoms with van der Waals surface area (Å²) in [5, 5.41) is 5.33. The van der Waals surface area contributed by atoms with Crippen LogP contribution in [0.2, 0.25) is 5.02 Å². The maximum absolute atomic E-state index is 11.4. The van der Waals surface area contributed by atoms with E-state index < -0.39 is 6.09 Å². The van der Waals surface area contributed by atoms with Crippen molar-refractivity contribution in [3.8, 4) is 0 Å². The average Bonchev–Trinajstić information content (AvgIpc) is 2.54. The molecule has 0 saturated heterocycles. The van der Waals surface area contributed by atoms with Crippen molar-refractivity contribution in [3.05, 3.63) is 34.9 Å². The molecule has 0 atom stereocenters. The number of methoxy groups -OCH3 is 1. The fourth-order valence-electron chi connectivity index (χ4n) is 1.54. The summed E-state index contributed by atoms with van der Waals surface area (Å²) in [6.07, 6.45) is 0.134. The number of hydrogen-bond donors (Lipinski definition) is 1. The van der Waals surface area contributed by atoms with Crippen LogP contribution in [0.3, 0.4) is 0 Å². The quantitative estimate of drug-likeness (QED) is 0.350. The second-order valence-corrected chi connectivity index (χ2v) is 5.92. The number of benzene rings is 1. The van der Waals surface area contributed by atoms with Gasteiger partial charge in [-0.3, -0.25) is 4.79 Å². The lowest BCUT2D eigenvalue weighted by molar-refractivity contribution is -0.142. The van der Waals surface area contributed by atoms with Gasteiger partial charge in [-0.05, 0) is 24.6 Å². The van der Waals surface area contributed by atoms with Gasteiger partial charge in [0.1, 0.15) is 0 Å². The highest BCUT2D eigenvalue weighted by Crippen LogP contribution is 2.15. The molecule has 0 unspecified atom stereocenters. The Bertz CT molecular complexity index is 549. The van der Waals surface area contributed by atoms with Crippen LogP contribution in [0, 0.1) is 0 Å². The molecular weight excluding hydrogens is 340 g/mol. The molecule has 0 aliphatic carbocycles. The fourth-order valence-corrected chi connectivity index (χ4v) is 2.55. The molecule has 126 valence electrons. The minimum absolute atomic E-state index is 0.258. The summed E-state index contributed by atoms with van der Waals surface area (Å²) in [6.45, 7) is 2.12. The van der Waals surface area contributed by atoms with Crippen LogP contribution in [-0.2, 0) is 20.7 Å². The number of rotatable bonds is 7. The van der Waals surface area contributed by atoms with Gasteiger partial charge >= 0.3 is 12.1 Å². The summed E-state index contributed by atoms with van der Waals surface area (Å²) >= 11 is 7.23. The molecule has 0 spiro atoms. The van der Waals surface area contributed by atoms with E-state index in [1.165, 1.54) is 18.9 Å². The molecular formula is C15H19ClN2O4S. The zero-order chi connectivity index (χ0) is 17.1. The van der Waals surface area contributed by atoms with Gasteiger partial charge in [-0.2, -0.15) is 5.10 Å².